The maximum absolute atomic E-state index is 13.7. The van der Waals surface area contributed by atoms with Crippen LogP contribution in [0.1, 0.15) is 64.0 Å². The monoisotopic (exact) mass is 645 g/mol. The molecule has 1 radical (unpaired) electrons. The highest BCUT2D eigenvalue weighted by atomic mass is 32.1. The second-order valence-corrected chi connectivity index (χ2v) is 13.2. The molecular formula is C33H37N6O6S. The lowest BCUT2D eigenvalue weighted by molar-refractivity contribution is -0.125. The van der Waals surface area contributed by atoms with Crippen molar-refractivity contribution in [1.29, 1.82) is 0 Å². The van der Waals surface area contributed by atoms with Crippen LogP contribution in [0.15, 0.2) is 41.8 Å². The molecule has 4 N–H and O–H groups in total. The molecule has 2 aliphatic heterocycles. The van der Waals surface area contributed by atoms with Crippen LogP contribution in [-0.4, -0.2) is 70.0 Å². The van der Waals surface area contributed by atoms with E-state index in [0.29, 0.717) is 40.3 Å². The fourth-order valence-corrected chi connectivity index (χ4v) is 6.94. The summed E-state index contributed by atoms with van der Waals surface area (Å²) in [4.78, 5) is 61.5. The predicted molar refractivity (Wildman–Crippen MR) is 172 cm³/mol. The van der Waals surface area contributed by atoms with E-state index in [9.17, 15) is 19.2 Å². The first-order valence-corrected chi connectivity index (χ1v) is 16.5. The summed E-state index contributed by atoms with van der Waals surface area (Å²) in [6.45, 7) is 4.77. The van der Waals surface area contributed by atoms with Gasteiger partial charge in [0.05, 0.1) is 17.8 Å². The largest absolute Gasteiger partial charge is 0.488 e. The molecule has 0 bridgehead atoms. The molecule has 4 amide bonds. The molecule has 4 heterocycles. The number of nitrogens with two attached hydrogens (primary N) is 1. The van der Waals surface area contributed by atoms with Crippen LogP contribution in [0.2, 0.25) is 0 Å². The molecule has 3 aromatic rings. The van der Waals surface area contributed by atoms with E-state index in [1.165, 1.54) is 16.2 Å². The van der Waals surface area contributed by atoms with Crippen molar-refractivity contribution in [1.82, 2.24) is 25.5 Å². The number of carbonyl (C=O) groups excluding carboxylic acids is 4. The quantitative estimate of drug-likeness (QED) is 0.328. The van der Waals surface area contributed by atoms with Gasteiger partial charge in [0.1, 0.15) is 39.9 Å². The van der Waals surface area contributed by atoms with E-state index in [2.05, 4.69) is 36.8 Å². The van der Waals surface area contributed by atoms with Gasteiger partial charge >= 0.3 is 12.1 Å². The Morgan fingerprint density at radius 1 is 1.20 bits per heavy atom. The lowest BCUT2D eigenvalue weighted by atomic mass is 10.1. The normalized spacial score (nSPS) is 25.8. The molecule has 13 heteroatoms. The zero-order chi connectivity index (χ0) is 32.4. The summed E-state index contributed by atoms with van der Waals surface area (Å²) in [6.07, 6.45) is 8.95. The number of ether oxygens (including phenoxy) is 2. The van der Waals surface area contributed by atoms with Crippen molar-refractivity contribution >= 4 is 46.6 Å². The highest BCUT2D eigenvalue weighted by molar-refractivity contribution is 7.13. The number of benzene rings is 1. The molecule has 1 saturated carbocycles. The van der Waals surface area contributed by atoms with Gasteiger partial charge in [0.25, 0.3) is 0 Å². The molecule has 1 aromatic carbocycles. The number of amides is 4. The minimum atomic E-state index is -1.07. The number of urea groups is 1. The van der Waals surface area contributed by atoms with Gasteiger partial charge in [-0.2, -0.15) is 0 Å². The van der Waals surface area contributed by atoms with Crippen molar-refractivity contribution in [3.8, 4) is 22.2 Å². The number of pyridine rings is 1. The van der Waals surface area contributed by atoms with Crippen LogP contribution < -0.4 is 25.8 Å². The Balaban J connectivity index is 1.31. The van der Waals surface area contributed by atoms with Crippen LogP contribution in [0.25, 0.3) is 21.6 Å². The van der Waals surface area contributed by atoms with Crippen molar-refractivity contribution in [2.45, 2.75) is 76.0 Å². The van der Waals surface area contributed by atoms with E-state index < -0.39 is 29.7 Å². The van der Waals surface area contributed by atoms with E-state index in [1.807, 2.05) is 11.5 Å². The number of hydrogen-bond donors (Lipinski definition) is 3. The second-order valence-electron chi connectivity index (χ2n) is 12.4. The number of aromatic nitrogens is 2. The van der Waals surface area contributed by atoms with Crippen LogP contribution >= 0.6 is 11.3 Å². The van der Waals surface area contributed by atoms with Gasteiger partial charge in [-0.25, -0.2) is 19.6 Å². The standard InChI is InChI=1S/C33H37N6O6S/c1-19(2)26-17-46-30(37-26)25-14-28(23-10-9-21(45-31(34)42)12-24(23)36-25)44-22-13-27-29(41)38-33(18-40)15-20(33)8-6-4-3-5-7-11-35-32(43)39(27)16-22/h6,8-10,12,14,17,19-20,22,27H,3-5,7,11,13,15-16H2,1-2H3,(H2,34,42)(H,35,43)(H,38,41)/b8-6+. The molecule has 2 fully saturated rings. The molecule has 2 aromatic heterocycles. The third-order valence-corrected chi connectivity index (χ3v) is 9.53. The number of thiazole rings is 1. The highest BCUT2D eigenvalue weighted by Crippen LogP contribution is 2.43. The Labute approximate surface area is 270 Å². The van der Waals surface area contributed by atoms with Crippen molar-refractivity contribution < 1.29 is 28.7 Å². The molecule has 3 aliphatic rings. The van der Waals surface area contributed by atoms with Gasteiger partial charge in [0, 0.05) is 41.8 Å². The minimum absolute atomic E-state index is 0.109. The average Bonchev–Trinajstić information content (AvgIpc) is 3.33. The summed E-state index contributed by atoms with van der Waals surface area (Å²) in [5.74, 6) is 0.420. The number of hydrogen-bond acceptors (Lipinski definition) is 9. The minimum Gasteiger partial charge on any atom is -0.488 e. The van der Waals surface area contributed by atoms with E-state index in [-0.39, 0.29) is 36.6 Å². The first kappa shape index (κ1) is 31.5. The van der Waals surface area contributed by atoms with Gasteiger partial charge < -0.3 is 30.7 Å². The zero-order valence-corrected chi connectivity index (χ0v) is 26.6. The Morgan fingerprint density at radius 2 is 2.04 bits per heavy atom. The molecule has 4 unspecified atom stereocenters. The van der Waals surface area contributed by atoms with Crippen LogP contribution in [0.5, 0.6) is 11.5 Å². The van der Waals surface area contributed by atoms with Gasteiger partial charge in [0.2, 0.25) is 12.2 Å². The molecular weight excluding hydrogens is 608 g/mol. The Hall–Kier alpha value is -4.52. The van der Waals surface area contributed by atoms with Gasteiger partial charge in [-0.1, -0.05) is 32.4 Å². The second kappa shape index (κ2) is 13.1. The summed E-state index contributed by atoms with van der Waals surface area (Å²) < 4.78 is 11.7. The summed E-state index contributed by atoms with van der Waals surface area (Å²) >= 11 is 1.46. The van der Waals surface area contributed by atoms with Crippen LogP contribution in [0.3, 0.4) is 0 Å². The Kier molecular flexibility index (Phi) is 8.94. The molecule has 1 saturated heterocycles. The summed E-state index contributed by atoms with van der Waals surface area (Å²) in [7, 11) is 0. The van der Waals surface area contributed by atoms with Crippen molar-refractivity contribution in [2.24, 2.45) is 11.7 Å². The van der Waals surface area contributed by atoms with Gasteiger partial charge in [-0.15, -0.1) is 11.3 Å². The summed E-state index contributed by atoms with van der Waals surface area (Å²) in [6, 6.07) is 5.52. The lowest BCUT2D eigenvalue weighted by Crippen LogP contribution is -2.53. The molecule has 4 atom stereocenters. The third kappa shape index (κ3) is 6.69. The van der Waals surface area contributed by atoms with Crippen molar-refractivity contribution in [3.05, 3.63) is 47.5 Å². The molecule has 1 aliphatic carbocycles. The molecule has 46 heavy (non-hydrogen) atoms. The average molecular weight is 646 g/mol. The van der Waals surface area contributed by atoms with Gasteiger partial charge in [-0.05, 0) is 43.7 Å². The van der Waals surface area contributed by atoms with Gasteiger partial charge in [-0.3, -0.25) is 9.59 Å². The fraction of sp³-hybridized carbons (Fsp3) is 0.455. The number of primary amides is 1. The number of rotatable bonds is 6. The predicted octanol–water partition coefficient (Wildman–Crippen LogP) is 4.59. The summed E-state index contributed by atoms with van der Waals surface area (Å²) in [5.41, 5.74) is 6.16. The number of nitrogens with zero attached hydrogens (tertiary/aromatic N) is 3. The van der Waals surface area contributed by atoms with Crippen LogP contribution in [0, 0.1) is 5.92 Å². The molecule has 0 spiro atoms. The van der Waals surface area contributed by atoms with Crippen LogP contribution in [0.4, 0.5) is 9.59 Å². The first-order chi connectivity index (χ1) is 22.2. The summed E-state index contributed by atoms with van der Waals surface area (Å²) in [5, 5.41) is 9.17. The molecule has 6 rings (SSSR count). The Morgan fingerprint density at radius 3 is 2.80 bits per heavy atom. The number of fused-ring (bicyclic) bond motifs is 3. The number of nitrogens with one attached hydrogen (secondary N) is 2. The Bertz CT molecular complexity index is 1690. The van der Waals surface area contributed by atoms with Gasteiger partial charge in [0.15, 0.2) is 0 Å². The zero-order valence-electron chi connectivity index (χ0n) is 25.8. The topological polar surface area (TPSA) is 166 Å². The maximum atomic E-state index is 13.7. The fourth-order valence-electron chi connectivity index (χ4n) is 6.00. The smallest absolute Gasteiger partial charge is 0.409 e. The van der Waals surface area contributed by atoms with Crippen molar-refractivity contribution in [3.63, 3.8) is 0 Å². The molecule has 241 valence electrons. The highest BCUT2D eigenvalue weighted by Gasteiger charge is 2.56. The maximum Gasteiger partial charge on any atom is 0.409 e. The third-order valence-electron chi connectivity index (χ3n) is 8.65. The van der Waals surface area contributed by atoms with Crippen molar-refractivity contribution in [2.75, 3.05) is 13.1 Å². The van der Waals surface area contributed by atoms with E-state index >= 15 is 0 Å². The number of allylic oxidation sites excluding steroid dienone is 1. The SMILES string of the molecule is CC(C)c1csc(-c2cc(OC3CC4C(=O)NC5([C]=O)CC5/C=C/CCCCCNC(=O)N4C3)c3ccc(OC(N)=O)cc3n2)n1. The first-order valence-electron chi connectivity index (χ1n) is 15.6. The lowest BCUT2D eigenvalue weighted by Gasteiger charge is -2.25. The van der Waals surface area contributed by atoms with E-state index in [4.69, 9.17) is 25.2 Å². The molecule has 12 nitrogen and oxygen atoms in total. The van der Waals surface area contributed by atoms with E-state index in [1.54, 1.807) is 24.3 Å². The number of carbonyl (C=O) groups is 3. The van der Waals surface area contributed by atoms with Crippen LogP contribution in [-0.2, 0) is 9.59 Å². The van der Waals surface area contributed by atoms with E-state index in [0.717, 1.165) is 31.4 Å².